The first kappa shape index (κ1) is 18.2. The van der Waals surface area contributed by atoms with Gasteiger partial charge in [-0.25, -0.2) is 4.79 Å². The average Bonchev–Trinajstić information content (AvgIpc) is 2.93. The van der Waals surface area contributed by atoms with Gasteiger partial charge in [0.25, 0.3) is 0 Å². The van der Waals surface area contributed by atoms with Gasteiger partial charge in [-0.2, -0.15) is 0 Å². The molecule has 144 valence electrons. The van der Waals surface area contributed by atoms with Crippen molar-refractivity contribution in [3.63, 3.8) is 0 Å². The van der Waals surface area contributed by atoms with Crippen LogP contribution < -0.4 is 9.47 Å². The number of carbonyl (C=O) groups excluding carboxylic acids is 2. The molecular weight excluding hydrogens is 483 g/mol. The minimum absolute atomic E-state index is 0.370. The lowest BCUT2D eigenvalue weighted by Crippen LogP contribution is -2.33. The van der Waals surface area contributed by atoms with Crippen LogP contribution in [0.4, 0.5) is 0 Å². The van der Waals surface area contributed by atoms with Crippen LogP contribution in [0, 0.1) is 10.5 Å². The van der Waals surface area contributed by atoms with Crippen molar-refractivity contribution in [1.29, 1.82) is 0 Å². The number of carbonyl (C=O) groups is 2. The summed E-state index contributed by atoms with van der Waals surface area (Å²) >= 11 is 2.23. The van der Waals surface area contributed by atoms with Gasteiger partial charge in [0.05, 0.1) is 5.56 Å². The Hall–Kier alpha value is -2.87. The number of hydrogen-bond acceptors (Lipinski definition) is 5. The van der Waals surface area contributed by atoms with Gasteiger partial charge in [0.1, 0.15) is 17.2 Å². The number of fused-ring (bicyclic) bond motifs is 6. The van der Waals surface area contributed by atoms with Crippen LogP contribution in [-0.2, 0) is 15.1 Å². The summed E-state index contributed by atoms with van der Waals surface area (Å²) < 4.78 is 18.5. The highest BCUT2D eigenvalue weighted by molar-refractivity contribution is 14.1. The zero-order chi connectivity index (χ0) is 20.3. The van der Waals surface area contributed by atoms with E-state index in [0.29, 0.717) is 28.4 Å². The average molecular weight is 498 g/mol. The maximum absolute atomic E-state index is 12.8. The van der Waals surface area contributed by atoms with E-state index >= 15 is 0 Å². The molecule has 3 aromatic rings. The van der Waals surface area contributed by atoms with Gasteiger partial charge in [-0.3, -0.25) is 4.79 Å². The molecule has 3 aromatic carbocycles. The van der Waals surface area contributed by atoms with Crippen molar-refractivity contribution < 1.29 is 23.8 Å². The van der Waals surface area contributed by atoms with Crippen molar-refractivity contribution >= 4 is 34.5 Å². The fourth-order valence-corrected chi connectivity index (χ4v) is 4.50. The van der Waals surface area contributed by atoms with Gasteiger partial charge in [0.15, 0.2) is 5.60 Å². The smallest absolute Gasteiger partial charge is 0.340 e. The van der Waals surface area contributed by atoms with Gasteiger partial charge in [-0.05, 0) is 71.5 Å². The second-order valence-corrected chi connectivity index (χ2v) is 8.36. The lowest BCUT2D eigenvalue weighted by atomic mass is 9.77. The summed E-state index contributed by atoms with van der Waals surface area (Å²) in [6.45, 7) is 3.32. The van der Waals surface area contributed by atoms with Gasteiger partial charge in [-0.15, -0.1) is 0 Å². The largest absolute Gasteiger partial charge is 0.456 e. The number of halogens is 1. The molecule has 0 fully saturated rings. The van der Waals surface area contributed by atoms with E-state index in [1.54, 1.807) is 24.3 Å². The molecule has 29 heavy (non-hydrogen) atoms. The Morgan fingerprint density at radius 3 is 2.45 bits per heavy atom. The normalized spacial score (nSPS) is 18.4. The van der Waals surface area contributed by atoms with Crippen molar-refractivity contribution in [3.05, 3.63) is 86.0 Å². The van der Waals surface area contributed by atoms with Crippen molar-refractivity contribution in [3.8, 4) is 17.2 Å². The van der Waals surface area contributed by atoms with Crippen LogP contribution in [0.25, 0.3) is 0 Å². The van der Waals surface area contributed by atoms with Gasteiger partial charge in [0.2, 0.25) is 0 Å². The topological polar surface area (TPSA) is 61.8 Å². The number of rotatable bonds is 1. The van der Waals surface area contributed by atoms with Crippen molar-refractivity contribution in [1.82, 2.24) is 0 Å². The molecule has 0 aromatic heterocycles. The van der Waals surface area contributed by atoms with Crippen LogP contribution >= 0.6 is 22.6 Å². The second kappa shape index (κ2) is 6.32. The van der Waals surface area contributed by atoms with Crippen molar-refractivity contribution in [2.24, 2.45) is 0 Å². The van der Waals surface area contributed by atoms with Crippen molar-refractivity contribution in [2.45, 2.75) is 19.4 Å². The van der Waals surface area contributed by atoms with E-state index in [9.17, 15) is 9.59 Å². The van der Waals surface area contributed by atoms with Crippen LogP contribution in [0.3, 0.4) is 0 Å². The number of aryl methyl sites for hydroxylation is 1. The SMILES string of the molecule is CC(=O)Oc1ccc2c(c1)Oc1cc(C)ccc1C21OC(=O)c2ccc(I)cc21. The molecule has 0 bridgehead atoms. The molecule has 1 atom stereocenters. The Bertz CT molecular complexity index is 1220. The molecular formula is C23H15IO5. The van der Waals surface area contributed by atoms with Crippen LogP contribution in [0.15, 0.2) is 54.6 Å². The lowest BCUT2D eigenvalue weighted by molar-refractivity contribution is -0.131. The quantitative estimate of drug-likeness (QED) is 0.266. The molecule has 0 saturated heterocycles. The standard InChI is InChI=1S/C23H15IO5/c1-12-3-7-17-20(9-12)28-21-11-15(27-13(2)25)5-8-18(21)23(17)19-10-14(24)4-6-16(19)22(26)29-23/h3-11H,1-2H3. The zero-order valence-corrected chi connectivity index (χ0v) is 17.8. The van der Waals surface area contributed by atoms with Gasteiger partial charge in [0, 0.05) is 33.3 Å². The van der Waals surface area contributed by atoms with Crippen LogP contribution in [0.1, 0.15) is 39.5 Å². The first-order valence-corrected chi connectivity index (χ1v) is 10.1. The fourth-order valence-electron chi connectivity index (χ4n) is 4.01. The molecule has 0 radical (unpaired) electrons. The summed E-state index contributed by atoms with van der Waals surface area (Å²) in [5.41, 5.74) is 2.69. The minimum Gasteiger partial charge on any atom is -0.456 e. The molecule has 0 saturated carbocycles. The summed E-state index contributed by atoms with van der Waals surface area (Å²) in [6.07, 6.45) is 0. The van der Waals surface area contributed by atoms with Crippen molar-refractivity contribution in [2.75, 3.05) is 0 Å². The molecule has 2 aliphatic heterocycles. The molecule has 2 heterocycles. The number of ether oxygens (including phenoxy) is 3. The van der Waals surface area contributed by atoms with E-state index in [-0.39, 0.29) is 5.97 Å². The van der Waals surface area contributed by atoms with Crippen LogP contribution in [0.2, 0.25) is 0 Å². The predicted octanol–water partition coefficient (Wildman–Crippen LogP) is 5.09. The van der Waals surface area contributed by atoms with E-state index in [4.69, 9.17) is 14.2 Å². The lowest BCUT2D eigenvalue weighted by Gasteiger charge is -2.36. The van der Waals surface area contributed by atoms with E-state index in [1.807, 2.05) is 37.3 Å². The molecule has 2 aliphatic rings. The Morgan fingerprint density at radius 2 is 1.69 bits per heavy atom. The third kappa shape index (κ3) is 2.66. The molecule has 0 aliphatic carbocycles. The number of benzene rings is 3. The third-order valence-electron chi connectivity index (χ3n) is 5.16. The molecule has 0 N–H and O–H groups in total. The highest BCUT2D eigenvalue weighted by Crippen LogP contribution is 2.56. The summed E-state index contributed by atoms with van der Waals surface area (Å²) in [5, 5.41) is 0. The maximum Gasteiger partial charge on any atom is 0.340 e. The molecule has 5 rings (SSSR count). The Morgan fingerprint density at radius 1 is 0.966 bits per heavy atom. The van der Waals surface area contributed by atoms with E-state index in [1.165, 1.54) is 6.92 Å². The van der Waals surface area contributed by atoms with E-state index < -0.39 is 11.6 Å². The number of esters is 2. The summed E-state index contributed by atoms with van der Waals surface area (Å²) in [5.74, 6) is 0.673. The molecule has 1 unspecified atom stereocenters. The Labute approximate surface area is 180 Å². The van der Waals surface area contributed by atoms with E-state index in [2.05, 4.69) is 22.6 Å². The summed E-state index contributed by atoms with van der Waals surface area (Å²) in [7, 11) is 0. The summed E-state index contributed by atoms with van der Waals surface area (Å²) in [6, 6.07) is 16.6. The Balaban J connectivity index is 1.83. The maximum atomic E-state index is 12.8. The monoisotopic (exact) mass is 498 g/mol. The highest BCUT2D eigenvalue weighted by atomic mass is 127. The zero-order valence-electron chi connectivity index (χ0n) is 15.6. The van der Waals surface area contributed by atoms with Gasteiger partial charge >= 0.3 is 11.9 Å². The Kier molecular flexibility index (Phi) is 3.96. The first-order valence-electron chi connectivity index (χ1n) is 9.04. The molecule has 5 nitrogen and oxygen atoms in total. The third-order valence-corrected chi connectivity index (χ3v) is 5.83. The summed E-state index contributed by atoms with van der Waals surface area (Å²) in [4.78, 5) is 24.2. The van der Waals surface area contributed by atoms with Gasteiger partial charge < -0.3 is 14.2 Å². The predicted molar refractivity (Wildman–Crippen MR) is 113 cm³/mol. The molecule has 1 spiro atoms. The molecule has 6 heteroatoms. The molecule has 0 amide bonds. The second-order valence-electron chi connectivity index (χ2n) is 7.11. The fraction of sp³-hybridized carbons (Fsp3) is 0.130. The highest BCUT2D eigenvalue weighted by Gasteiger charge is 2.53. The minimum atomic E-state index is -1.11. The van der Waals surface area contributed by atoms with Gasteiger partial charge in [-0.1, -0.05) is 12.1 Å². The van der Waals surface area contributed by atoms with E-state index in [0.717, 1.165) is 20.3 Å². The van der Waals surface area contributed by atoms with Crippen LogP contribution in [0.5, 0.6) is 17.2 Å². The first-order chi connectivity index (χ1) is 13.9. The number of hydrogen-bond donors (Lipinski definition) is 0. The van der Waals surface area contributed by atoms with Crippen LogP contribution in [-0.4, -0.2) is 11.9 Å².